The van der Waals surface area contributed by atoms with Gasteiger partial charge in [0.1, 0.15) is 5.54 Å². The number of nitrogens with zero attached hydrogens (tertiary/aromatic N) is 1. The fourth-order valence-electron chi connectivity index (χ4n) is 1.71. The summed E-state index contributed by atoms with van der Waals surface area (Å²) in [7, 11) is 1.40. The normalized spacial score (nSPS) is 11.0. The first kappa shape index (κ1) is 17.7. The molecular weight excluding hydrogens is 284 g/mol. The minimum Gasteiger partial charge on any atom is -0.480 e. The predicted octanol–water partition coefficient (Wildman–Crippen LogP) is 1.35. The zero-order valence-electron chi connectivity index (χ0n) is 13.6. The average Bonchev–Trinajstić information content (AvgIpc) is 2.46. The van der Waals surface area contributed by atoms with Crippen molar-refractivity contribution in [3.05, 3.63) is 34.9 Å². The topological polar surface area (TPSA) is 86.7 Å². The molecule has 0 spiro atoms. The van der Waals surface area contributed by atoms with Gasteiger partial charge < -0.3 is 15.3 Å². The molecule has 2 amide bonds. The summed E-state index contributed by atoms with van der Waals surface area (Å²) in [4.78, 5) is 36.2. The second-order valence-corrected chi connectivity index (χ2v) is 5.80. The summed E-state index contributed by atoms with van der Waals surface area (Å²) in [6, 6.07) is 5.28. The number of rotatable bonds is 5. The summed E-state index contributed by atoms with van der Waals surface area (Å²) in [6.07, 6.45) is 0. The van der Waals surface area contributed by atoms with E-state index in [4.69, 9.17) is 5.11 Å². The van der Waals surface area contributed by atoms with E-state index in [1.165, 1.54) is 20.9 Å². The number of carbonyl (C=O) groups is 3. The minimum atomic E-state index is -1.33. The average molecular weight is 306 g/mol. The first-order valence-corrected chi connectivity index (χ1v) is 6.93. The molecule has 0 aromatic heterocycles. The highest BCUT2D eigenvalue weighted by molar-refractivity contribution is 5.97. The van der Waals surface area contributed by atoms with Crippen molar-refractivity contribution >= 4 is 17.8 Å². The number of aliphatic carboxylic acids is 1. The van der Waals surface area contributed by atoms with Crippen LogP contribution in [0.25, 0.3) is 0 Å². The lowest BCUT2D eigenvalue weighted by molar-refractivity contribution is -0.154. The van der Waals surface area contributed by atoms with E-state index in [9.17, 15) is 14.4 Å². The van der Waals surface area contributed by atoms with Crippen LogP contribution in [0.15, 0.2) is 18.2 Å². The number of likely N-dealkylation sites (N-methyl/N-ethyl adjacent to an activating group) is 1. The minimum absolute atomic E-state index is 0.251. The molecular formula is C16H22N2O4. The Balaban J connectivity index is 2.69. The fraction of sp³-hybridized carbons (Fsp3) is 0.438. The Morgan fingerprint density at radius 1 is 1.18 bits per heavy atom. The van der Waals surface area contributed by atoms with Gasteiger partial charge in [0, 0.05) is 12.6 Å². The van der Waals surface area contributed by atoms with Gasteiger partial charge in [0.25, 0.3) is 5.91 Å². The van der Waals surface area contributed by atoms with Gasteiger partial charge in [-0.15, -0.1) is 0 Å². The third-order valence-corrected chi connectivity index (χ3v) is 3.91. The number of amides is 2. The van der Waals surface area contributed by atoms with Gasteiger partial charge >= 0.3 is 5.97 Å². The van der Waals surface area contributed by atoms with Gasteiger partial charge in [-0.05, 0) is 51.0 Å². The maximum Gasteiger partial charge on any atom is 0.329 e. The molecule has 0 unspecified atom stereocenters. The van der Waals surface area contributed by atoms with Gasteiger partial charge in [0.15, 0.2) is 0 Å². The van der Waals surface area contributed by atoms with Crippen LogP contribution in [-0.2, 0) is 9.59 Å². The zero-order valence-corrected chi connectivity index (χ0v) is 13.6. The molecule has 0 saturated carbocycles. The van der Waals surface area contributed by atoms with E-state index < -0.39 is 17.4 Å². The summed E-state index contributed by atoms with van der Waals surface area (Å²) in [5, 5.41) is 11.6. The van der Waals surface area contributed by atoms with Crippen LogP contribution in [0, 0.1) is 13.8 Å². The van der Waals surface area contributed by atoms with Crippen molar-refractivity contribution in [2.45, 2.75) is 33.2 Å². The quantitative estimate of drug-likeness (QED) is 0.860. The Hall–Kier alpha value is -2.37. The monoisotopic (exact) mass is 306 g/mol. The van der Waals surface area contributed by atoms with E-state index in [-0.39, 0.29) is 12.5 Å². The van der Waals surface area contributed by atoms with E-state index >= 15 is 0 Å². The highest BCUT2D eigenvalue weighted by Crippen LogP contribution is 2.12. The van der Waals surface area contributed by atoms with E-state index in [0.29, 0.717) is 5.56 Å². The number of aryl methyl sites for hydroxylation is 2. The molecule has 6 heteroatoms. The number of hydrogen-bond donors (Lipinski definition) is 2. The van der Waals surface area contributed by atoms with Gasteiger partial charge in [-0.1, -0.05) is 6.07 Å². The van der Waals surface area contributed by atoms with Crippen LogP contribution in [0.1, 0.15) is 35.3 Å². The molecule has 0 saturated heterocycles. The molecule has 6 nitrogen and oxygen atoms in total. The van der Waals surface area contributed by atoms with Crippen LogP contribution in [0.3, 0.4) is 0 Å². The van der Waals surface area contributed by atoms with E-state index in [1.807, 2.05) is 19.9 Å². The van der Waals surface area contributed by atoms with E-state index in [0.717, 1.165) is 16.0 Å². The number of benzene rings is 1. The molecule has 22 heavy (non-hydrogen) atoms. The first-order chi connectivity index (χ1) is 10.1. The number of carboxylic acid groups (broad SMARTS) is 1. The summed E-state index contributed by atoms with van der Waals surface area (Å²) in [5.41, 5.74) is 1.21. The Kier molecular flexibility index (Phi) is 5.30. The second-order valence-electron chi connectivity index (χ2n) is 5.80. The smallest absolute Gasteiger partial charge is 0.329 e. The molecule has 0 atom stereocenters. The van der Waals surface area contributed by atoms with Crippen molar-refractivity contribution in [2.24, 2.45) is 0 Å². The first-order valence-electron chi connectivity index (χ1n) is 6.93. The van der Waals surface area contributed by atoms with Crippen molar-refractivity contribution in [3.8, 4) is 0 Å². The maximum atomic E-state index is 12.0. The molecule has 2 N–H and O–H groups in total. The molecule has 0 fully saturated rings. The molecule has 1 aromatic carbocycles. The van der Waals surface area contributed by atoms with E-state index in [1.54, 1.807) is 12.1 Å². The van der Waals surface area contributed by atoms with Crippen molar-refractivity contribution in [1.82, 2.24) is 10.2 Å². The zero-order chi connectivity index (χ0) is 17.1. The Labute approximate surface area is 130 Å². The number of hydrogen-bond acceptors (Lipinski definition) is 3. The molecule has 0 aliphatic carbocycles. The van der Waals surface area contributed by atoms with Crippen LogP contribution >= 0.6 is 0 Å². The number of carboxylic acids is 1. The van der Waals surface area contributed by atoms with Crippen LogP contribution in [0.4, 0.5) is 0 Å². The van der Waals surface area contributed by atoms with Crippen LogP contribution in [0.5, 0.6) is 0 Å². The lowest BCUT2D eigenvalue weighted by atomic mass is 10.0. The molecule has 0 heterocycles. The van der Waals surface area contributed by atoms with Gasteiger partial charge in [0.2, 0.25) is 5.91 Å². The highest BCUT2D eigenvalue weighted by Gasteiger charge is 2.35. The molecule has 1 rings (SSSR count). The van der Waals surface area contributed by atoms with Gasteiger partial charge in [-0.2, -0.15) is 0 Å². The molecule has 1 aromatic rings. The lowest BCUT2D eigenvalue weighted by Gasteiger charge is -2.31. The standard InChI is InChI=1S/C16H22N2O4/c1-10-6-7-12(8-11(10)2)14(20)17-9-13(19)18(5)16(3,4)15(21)22/h6-8H,9H2,1-5H3,(H,17,20)(H,21,22). The highest BCUT2D eigenvalue weighted by atomic mass is 16.4. The summed E-state index contributed by atoms with van der Waals surface area (Å²) in [6.45, 7) is 6.46. The molecule has 0 radical (unpaired) electrons. The third kappa shape index (κ3) is 3.84. The molecule has 0 aliphatic rings. The van der Waals surface area contributed by atoms with Crippen molar-refractivity contribution in [1.29, 1.82) is 0 Å². The van der Waals surface area contributed by atoms with Crippen LogP contribution < -0.4 is 5.32 Å². The largest absolute Gasteiger partial charge is 0.480 e. The second kappa shape index (κ2) is 6.60. The molecule has 0 bridgehead atoms. The Morgan fingerprint density at radius 3 is 2.27 bits per heavy atom. The summed E-state index contributed by atoms with van der Waals surface area (Å²) in [5.74, 6) is -1.94. The van der Waals surface area contributed by atoms with Gasteiger partial charge in [-0.25, -0.2) is 4.79 Å². The number of nitrogens with one attached hydrogen (secondary N) is 1. The maximum absolute atomic E-state index is 12.0. The van der Waals surface area contributed by atoms with Gasteiger partial charge in [-0.3, -0.25) is 9.59 Å². The van der Waals surface area contributed by atoms with Crippen LogP contribution in [0.2, 0.25) is 0 Å². The van der Waals surface area contributed by atoms with E-state index in [2.05, 4.69) is 5.32 Å². The summed E-state index contributed by atoms with van der Waals surface area (Å²) >= 11 is 0. The van der Waals surface area contributed by atoms with Crippen molar-refractivity contribution in [2.75, 3.05) is 13.6 Å². The molecule has 0 aliphatic heterocycles. The predicted molar refractivity (Wildman–Crippen MR) is 82.7 cm³/mol. The molecule has 120 valence electrons. The number of carbonyl (C=O) groups excluding carboxylic acids is 2. The van der Waals surface area contributed by atoms with Crippen molar-refractivity contribution in [3.63, 3.8) is 0 Å². The van der Waals surface area contributed by atoms with Crippen molar-refractivity contribution < 1.29 is 19.5 Å². The fourth-order valence-corrected chi connectivity index (χ4v) is 1.71. The SMILES string of the molecule is Cc1ccc(C(=O)NCC(=O)N(C)C(C)(C)C(=O)O)cc1C. The summed E-state index contributed by atoms with van der Waals surface area (Å²) < 4.78 is 0. The van der Waals surface area contributed by atoms with Crippen LogP contribution in [-0.4, -0.2) is 46.9 Å². The Morgan fingerprint density at radius 2 is 1.77 bits per heavy atom. The van der Waals surface area contributed by atoms with Gasteiger partial charge in [0.05, 0.1) is 6.54 Å². The lowest BCUT2D eigenvalue weighted by Crippen LogP contribution is -2.53. The third-order valence-electron chi connectivity index (χ3n) is 3.91. The Bertz CT molecular complexity index is 608.